The van der Waals surface area contributed by atoms with Crippen LogP contribution < -0.4 is 5.56 Å². The largest absolute Gasteiger partial charge is 0.367 e. The Morgan fingerprint density at radius 2 is 1.73 bits per heavy atom. The standard InChI is InChI=1S/C26H32N4O3/c1-3-13-30-25(27-23-12-8-7-11-22(23)26(30)32)20(2)28-14-16-29(17-15-28)24(31)19-33-18-21-9-5-4-6-10-21/h4-12,20H,3,13-19H2,1-2H3. The van der Waals surface area contributed by atoms with Crippen LogP contribution in [-0.4, -0.2) is 58.0 Å². The van der Waals surface area contributed by atoms with Gasteiger partial charge < -0.3 is 9.64 Å². The van der Waals surface area contributed by atoms with Crippen LogP contribution in [0.3, 0.4) is 0 Å². The molecule has 1 aliphatic heterocycles. The molecule has 7 heteroatoms. The van der Waals surface area contributed by atoms with Crippen LogP contribution in [0.4, 0.5) is 0 Å². The number of amides is 1. The maximum absolute atomic E-state index is 13.1. The second kappa shape index (κ2) is 10.7. The van der Waals surface area contributed by atoms with Crippen molar-refractivity contribution in [2.24, 2.45) is 0 Å². The summed E-state index contributed by atoms with van der Waals surface area (Å²) in [6.45, 7) is 8.10. The summed E-state index contributed by atoms with van der Waals surface area (Å²) in [6.07, 6.45) is 0.866. The molecule has 2 heterocycles. The van der Waals surface area contributed by atoms with Crippen molar-refractivity contribution in [2.45, 2.75) is 39.5 Å². The number of hydrogen-bond donors (Lipinski definition) is 0. The zero-order valence-electron chi connectivity index (χ0n) is 19.4. The molecular weight excluding hydrogens is 416 g/mol. The van der Waals surface area contributed by atoms with E-state index in [1.165, 1.54) is 0 Å². The van der Waals surface area contributed by atoms with Crippen LogP contribution in [0.1, 0.15) is 37.7 Å². The summed E-state index contributed by atoms with van der Waals surface area (Å²) < 4.78 is 7.44. The summed E-state index contributed by atoms with van der Waals surface area (Å²) in [6, 6.07) is 17.4. The van der Waals surface area contributed by atoms with Gasteiger partial charge in [0.1, 0.15) is 12.4 Å². The van der Waals surface area contributed by atoms with E-state index in [4.69, 9.17) is 9.72 Å². The molecule has 0 aliphatic carbocycles. The van der Waals surface area contributed by atoms with Crippen LogP contribution >= 0.6 is 0 Å². The Balaban J connectivity index is 1.38. The molecule has 0 N–H and O–H groups in total. The van der Waals surface area contributed by atoms with Gasteiger partial charge in [-0.3, -0.25) is 19.1 Å². The minimum absolute atomic E-state index is 0.0135. The third-order valence-corrected chi connectivity index (χ3v) is 6.26. The molecule has 174 valence electrons. The normalized spacial score (nSPS) is 15.6. The van der Waals surface area contributed by atoms with Crippen LogP contribution in [0, 0.1) is 0 Å². The third kappa shape index (κ3) is 5.31. The van der Waals surface area contributed by atoms with Crippen LogP contribution in [0.2, 0.25) is 0 Å². The van der Waals surface area contributed by atoms with Crippen molar-refractivity contribution >= 4 is 16.8 Å². The molecule has 1 aromatic heterocycles. The molecule has 1 fully saturated rings. The molecular formula is C26H32N4O3. The van der Waals surface area contributed by atoms with Gasteiger partial charge in [-0.25, -0.2) is 4.98 Å². The Morgan fingerprint density at radius 1 is 1.03 bits per heavy atom. The first-order valence-corrected chi connectivity index (χ1v) is 11.7. The van der Waals surface area contributed by atoms with Crippen molar-refractivity contribution < 1.29 is 9.53 Å². The molecule has 3 aromatic rings. The lowest BCUT2D eigenvalue weighted by atomic mass is 10.1. The van der Waals surface area contributed by atoms with Gasteiger partial charge in [-0.05, 0) is 31.0 Å². The van der Waals surface area contributed by atoms with Crippen LogP contribution in [-0.2, 0) is 22.7 Å². The van der Waals surface area contributed by atoms with E-state index in [1.54, 1.807) is 0 Å². The van der Waals surface area contributed by atoms with Gasteiger partial charge in [0.05, 0.1) is 23.6 Å². The number of para-hydroxylation sites is 1. The van der Waals surface area contributed by atoms with E-state index in [1.807, 2.05) is 64.1 Å². The van der Waals surface area contributed by atoms with Crippen molar-refractivity contribution in [3.63, 3.8) is 0 Å². The number of nitrogens with zero attached hydrogens (tertiary/aromatic N) is 4. The highest BCUT2D eigenvalue weighted by atomic mass is 16.5. The molecule has 0 spiro atoms. The second-order valence-corrected chi connectivity index (χ2v) is 8.52. The zero-order chi connectivity index (χ0) is 23.2. The third-order valence-electron chi connectivity index (χ3n) is 6.26. The number of carbonyl (C=O) groups is 1. The lowest BCUT2D eigenvalue weighted by Gasteiger charge is -2.38. The molecule has 0 saturated carbocycles. The first-order valence-electron chi connectivity index (χ1n) is 11.7. The van der Waals surface area contributed by atoms with Crippen molar-refractivity contribution in [1.29, 1.82) is 0 Å². The van der Waals surface area contributed by atoms with Crippen molar-refractivity contribution in [3.8, 4) is 0 Å². The number of fused-ring (bicyclic) bond motifs is 1. The predicted octanol–water partition coefficient (Wildman–Crippen LogP) is 3.23. The van der Waals surface area contributed by atoms with Gasteiger partial charge in [0.25, 0.3) is 5.56 Å². The molecule has 2 aromatic carbocycles. The van der Waals surface area contributed by atoms with Crippen molar-refractivity contribution in [1.82, 2.24) is 19.4 Å². The summed E-state index contributed by atoms with van der Waals surface area (Å²) in [5, 5.41) is 0.660. The van der Waals surface area contributed by atoms with Gasteiger partial charge in [0.2, 0.25) is 5.91 Å². The molecule has 7 nitrogen and oxygen atoms in total. The number of rotatable bonds is 8. The molecule has 0 bridgehead atoms. The number of aromatic nitrogens is 2. The zero-order valence-corrected chi connectivity index (χ0v) is 19.4. The predicted molar refractivity (Wildman–Crippen MR) is 129 cm³/mol. The van der Waals surface area contributed by atoms with E-state index in [0.717, 1.165) is 36.4 Å². The Bertz CT molecular complexity index is 1140. The minimum atomic E-state index is -0.0135. The van der Waals surface area contributed by atoms with E-state index >= 15 is 0 Å². The number of piperazine rings is 1. The van der Waals surface area contributed by atoms with Crippen LogP contribution in [0.5, 0.6) is 0 Å². The topological polar surface area (TPSA) is 67.7 Å². The second-order valence-electron chi connectivity index (χ2n) is 8.52. The summed E-state index contributed by atoms with van der Waals surface area (Å²) in [5.41, 5.74) is 1.82. The van der Waals surface area contributed by atoms with E-state index in [2.05, 4.69) is 18.7 Å². The van der Waals surface area contributed by atoms with E-state index < -0.39 is 0 Å². The van der Waals surface area contributed by atoms with Gasteiger partial charge in [-0.2, -0.15) is 0 Å². The fourth-order valence-electron chi connectivity index (χ4n) is 4.39. The minimum Gasteiger partial charge on any atom is -0.367 e. The number of carbonyl (C=O) groups excluding carboxylic acids is 1. The highest BCUT2D eigenvalue weighted by Crippen LogP contribution is 2.22. The number of ether oxygens (including phenoxy) is 1. The summed E-state index contributed by atoms with van der Waals surface area (Å²) in [4.78, 5) is 34.7. The van der Waals surface area contributed by atoms with Gasteiger partial charge in [0, 0.05) is 32.7 Å². The molecule has 33 heavy (non-hydrogen) atoms. The molecule has 1 atom stereocenters. The Labute approximate surface area is 194 Å². The first-order chi connectivity index (χ1) is 16.1. The van der Waals surface area contributed by atoms with E-state index in [9.17, 15) is 9.59 Å². The molecule has 4 rings (SSSR count). The van der Waals surface area contributed by atoms with Crippen molar-refractivity contribution in [2.75, 3.05) is 32.8 Å². The summed E-state index contributed by atoms with van der Waals surface area (Å²) in [5.74, 6) is 0.816. The lowest BCUT2D eigenvalue weighted by molar-refractivity contribution is -0.138. The molecule has 1 saturated heterocycles. The van der Waals surface area contributed by atoms with Gasteiger partial charge >= 0.3 is 0 Å². The number of hydrogen-bond acceptors (Lipinski definition) is 5. The van der Waals surface area contributed by atoms with Gasteiger partial charge in [-0.1, -0.05) is 49.4 Å². The van der Waals surface area contributed by atoms with E-state index in [0.29, 0.717) is 31.6 Å². The van der Waals surface area contributed by atoms with Crippen LogP contribution in [0.15, 0.2) is 59.4 Å². The van der Waals surface area contributed by atoms with E-state index in [-0.39, 0.29) is 24.1 Å². The average molecular weight is 449 g/mol. The highest BCUT2D eigenvalue weighted by Gasteiger charge is 2.27. The lowest BCUT2D eigenvalue weighted by Crippen LogP contribution is -2.50. The summed E-state index contributed by atoms with van der Waals surface area (Å²) in [7, 11) is 0. The molecule has 1 unspecified atom stereocenters. The maximum atomic E-state index is 13.1. The van der Waals surface area contributed by atoms with Gasteiger partial charge in [-0.15, -0.1) is 0 Å². The monoisotopic (exact) mass is 448 g/mol. The highest BCUT2D eigenvalue weighted by molar-refractivity contribution is 5.78. The Kier molecular flexibility index (Phi) is 7.52. The smallest absolute Gasteiger partial charge is 0.261 e. The fourth-order valence-corrected chi connectivity index (χ4v) is 4.39. The molecule has 1 aliphatic rings. The fraction of sp³-hybridized carbons (Fsp3) is 0.423. The quantitative estimate of drug-likeness (QED) is 0.529. The first kappa shape index (κ1) is 23.1. The van der Waals surface area contributed by atoms with Crippen molar-refractivity contribution in [3.05, 3.63) is 76.3 Å². The molecule has 0 radical (unpaired) electrons. The SMILES string of the molecule is CCCn1c(C(C)N2CCN(C(=O)COCc3ccccc3)CC2)nc2ccccc2c1=O. The molecule has 1 amide bonds. The number of benzene rings is 2. The Morgan fingerprint density at radius 3 is 2.45 bits per heavy atom. The average Bonchev–Trinajstić information content (AvgIpc) is 2.86. The summed E-state index contributed by atoms with van der Waals surface area (Å²) >= 11 is 0. The van der Waals surface area contributed by atoms with Crippen LogP contribution in [0.25, 0.3) is 10.9 Å². The van der Waals surface area contributed by atoms with Gasteiger partial charge in [0.15, 0.2) is 0 Å². The Hall–Kier alpha value is -3.03. The maximum Gasteiger partial charge on any atom is 0.261 e.